The molecule has 112 valence electrons. The number of hydrogen-bond acceptors (Lipinski definition) is 6. The Morgan fingerprint density at radius 1 is 1.30 bits per heavy atom. The highest BCUT2D eigenvalue weighted by molar-refractivity contribution is 7.86. The number of aliphatic hydroxyl groups is 1. The lowest BCUT2D eigenvalue weighted by atomic mass is 10.3. The molecule has 0 fully saturated rings. The van der Waals surface area contributed by atoms with Crippen molar-refractivity contribution in [1.29, 1.82) is 0 Å². The standard InChI is InChI=1S/C13H18O6S/c1-2-8-18-13(15)9-11(14)10-19-20(16,17)12-6-4-3-5-7-12/h3-7,11,14H,2,8-10H2,1H3. The summed E-state index contributed by atoms with van der Waals surface area (Å²) in [6, 6.07) is 7.58. The van der Waals surface area contributed by atoms with Crippen molar-refractivity contribution in [3.05, 3.63) is 30.3 Å². The first-order valence-corrected chi connectivity index (χ1v) is 7.64. The minimum atomic E-state index is -3.92. The van der Waals surface area contributed by atoms with Gasteiger partial charge >= 0.3 is 5.97 Å². The van der Waals surface area contributed by atoms with Crippen LogP contribution in [0.3, 0.4) is 0 Å². The number of rotatable bonds is 8. The summed E-state index contributed by atoms with van der Waals surface area (Å²) >= 11 is 0. The lowest BCUT2D eigenvalue weighted by Crippen LogP contribution is -2.23. The molecule has 6 nitrogen and oxygen atoms in total. The Bertz CT molecular complexity index is 511. The van der Waals surface area contributed by atoms with Gasteiger partial charge < -0.3 is 9.84 Å². The summed E-state index contributed by atoms with van der Waals surface area (Å²) in [5.74, 6) is -0.583. The van der Waals surface area contributed by atoms with E-state index in [0.717, 1.165) is 0 Å². The normalized spacial score (nSPS) is 12.9. The average Bonchev–Trinajstić information content (AvgIpc) is 2.44. The van der Waals surface area contributed by atoms with E-state index < -0.39 is 28.8 Å². The molecule has 0 aliphatic carbocycles. The molecule has 0 bridgehead atoms. The Labute approximate surface area is 118 Å². The van der Waals surface area contributed by atoms with Crippen LogP contribution < -0.4 is 0 Å². The molecule has 1 N–H and O–H groups in total. The molecule has 0 saturated heterocycles. The first-order chi connectivity index (χ1) is 9.45. The minimum Gasteiger partial charge on any atom is -0.466 e. The Hall–Kier alpha value is -1.44. The van der Waals surface area contributed by atoms with Gasteiger partial charge in [0.25, 0.3) is 10.1 Å². The van der Waals surface area contributed by atoms with Crippen LogP contribution in [0.15, 0.2) is 35.2 Å². The highest BCUT2D eigenvalue weighted by Crippen LogP contribution is 2.12. The molecule has 7 heteroatoms. The third-order valence-corrected chi connectivity index (χ3v) is 3.61. The predicted octanol–water partition coefficient (Wildman–Crippen LogP) is 1.10. The summed E-state index contributed by atoms with van der Waals surface area (Å²) in [7, 11) is -3.92. The second-order valence-corrected chi connectivity index (χ2v) is 5.75. The van der Waals surface area contributed by atoms with Gasteiger partial charge in [-0.3, -0.25) is 8.98 Å². The number of esters is 1. The van der Waals surface area contributed by atoms with Gasteiger partial charge in [0.2, 0.25) is 0 Å². The maximum Gasteiger partial charge on any atom is 0.308 e. The van der Waals surface area contributed by atoms with Crippen LogP contribution in [-0.2, 0) is 23.8 Å². The Morgan fingerprint density at radius 2 is 1.95 bits per heavy atom. The zero-order valence-electron chi connectivity index (χ0n) is 11.2. The molecule has 0 amide bonds. The molecule has 20 heavy (non-hydrogen) atoms. The van der Waals surface area contributed by atoms with Gasteiger partial charge in [0, 0.05) is 0 Å². The molecule has 1 aromatic rings. The first kappa shape index (κ1) is 16.6. The van der Waals surface area contributed by atoms with E-state index in [-0.39, 0.29) is 17.9 Å². The van der Waals surface area contributed by atoms with E-state index in [2.05, 4.69) is 0 Å². The van der Waals surface area contributed by atoms with Gasteiger partial charge in [-0.15, -0.1) is 0 Å². The molecule has 1 aromatic carbocycles. The van der Waals surface area contributed by atoms with Crippen LogP contribution in [0, 0.1) is 0 Å². The number of benzene rings is 1. The quantitative estimate of drug-likeness (QED) is 0.571. The van der Waals surface area contributed by atoms with Gasteiger partial charge in [0.15, 0.2) is 0 Å². The van der Waals surface area contributed by atoms with Crippen molar-refractivity contribution in [1.82, 2.24) is 0 Å². The fourth-order valence-electron chi connectivity index (χ4n) is 1.35. The van der Waals surface area contributed by atoms with E-state index in [9.17, 15) is 18.3 Å². The summed E-state index contributed by atoms with van der Waals surface area (Å²) in [6.07, 6.45) is -0.844. The van der Waals surface area contributed by atoms with Crippen LogP contribution in [0.1, 0.15) is 19.8 Å². The molecular formula is C13H18O6S. The van der Waals surface area contributed by atoms with Crippen molar-refractivity contribution < 1.29 is 27.2 Å². The molecule has 0 aromatic heterocycles. The topological polar surface area (TPSA) is 89.9 Å². The first-order valence-electron chi connectivity index (χ1n) is 6.24. The molecule has 1 atom stereocenters. The zero-order chi connectivity index (χ0) is 15.0. The second kappa shape index (κ2) is 7.98. The van der Waals surface area contributed by atoms with E-state index in [4.69, 9.17) is 8.92 Å². The monoisotopic (exact) mass is 302 g/mol. The van der Waals surface area contributed by atoms with Crippen LogP contribution in [0.4, 0.5) is 0 Å². The van der Waals surface area contributed by atoms with Gasteiger partial charge in [-0.1, -0.05) is 25.1 Å². The second-order valence-electron chi connectivity index (χ2n) is 4.13. The van der Waals surface area contributed by atoms with Gasteiger partial charge in [-0.25, -0.2) is 0 Å². The molecule has 0 heterocycles. The van der Waals surface area contributed by atoms with Crippen molar-refractivity contribution in [2.24, 2.45) is 0 Å². The van der Waals surface area contributed by atoms with E-state index in [1.807, 2.05) is 6.92 Å². The Morgan fingerprint density at radius 3 is 2.55 bits per heavy atom. The highest BCUT2D eigenvalue weighted by atomic mass is 32.2. The van der Waals surface area contributed by atoms with E-state index in [1.54, 1.807) is 18.2 Å². The lowest BCUT2D eigenvalue weighted by molar-refractivity contribution is -0.146. The maximum atomic E-state index is 11.7. The van der Waals surface area contributed by atoms with Crippen molar-refractivity contribution in [3.8, 4) is 0 Å². The summed E-state index contributed by atoms with van der Waals surface area (Å²) in [6.45, 7) is 1.63. The molecular weight excluding hydrogens is 284 g/mol. The van der Waals surface area contributed by atoms with Gasteiger partial charge in [-0.05, 0) is 18.6 Å². The van der Waals surface area contributed by atoms with Crippen molar-refractivity contribution in [2.45, 2.75) is 30.8 Å². The summed E-state index contributed by atoms with van der Waals surface area (Å²) in [5.41, 5.74) is 0. The largest absolute Gasteiger partial charge is 0.466 e. The third kappa shape index (κ3) is 5.68. The number of carbonyl (C=O) groups excluding carboxylic acids is 1. The number of ether oxygens (including phenoxy) is 1. The van der Waals surface area contributed by atoms with Crippen LogP contribution in [-0.4, -0.2) is 38.8 Å². The summed E-state index contributed by atoms with van der Waals surface area (Å²) in [5, 5.41) is 9.54. The zero-order valence-corrected chi connectivity index (χ0v) is 12.0. The summed E-state index contributed by atoms with van der Waals surface area (Å²) in [4.78, 5) is 11.2. The van der Waals surface area contributed by atoms with Gasteiger partial charge in [-0.2, -0.15) is 8.42 Å². The van der Waals surface area contributed by atoms with Crippen LogP contribution in [0.2, 0.25) is 0 Å². The van der Waals surface area contributed by atoms with Crippen LogP contribution in [0.5, 0.6) is 0 Å². The average molecular weight is 302 g/mol. The molecule has 1 rings (SSSR count). The van der Waals surface area contributed by atoms with E-state index >= 15 is 0 Å². The van der Waals surface area contributed by atoms with Crippen molar-refractivity contribution in [2.75, 3.05) is 13.2 Å². The van der Waals surface area contributed by atoms with Crippen LogP contribution in [0.25, 0.3) is 0 Å². The highest BCUT2D eigenvalue weighted by Gasteiger charge is 2.19. The van der Waals surface area contributed by atoms with E-state index in [0.29, 0.717) is 6.42 Å². The van der Waals surface area contributed by atoms with Gasteiger partial charge in [0.1, 0.15) is 0 Å². The smallest absolute Gasteiger partial charge is 0.308 e. The van der Waals surface area contributed by atoms with Gasteiger partial charge in [0.05, 0.1) is 30.6 Å². The molecule has 0 radical (unpaired) electrons. The van der Waals surface area contributed by atoms with Crippen LogP contribution >= 0.6 is 0 Å². The molecule has 1 unspecified atom stereocenters. The number of aliphatic hydroxyl groups excluding tert-OH is 1. The maximum absolute atomic E-state index is 11.7. The Balaban J connectivity index is 2.44. The molecule has 0 saturated carbocycles. The van der Waals surface area contributed by atoms with Crippen molar-refractivity contribution >= 4 is 16.1 Å². The molecule has 0 aliphatic heterocycles. The minimum absolute atomic E-state index is 0.000703. The fourth-order valence-corrected chi connectivity index (χ4v) is 2.31. The van der Waals surface area contributed by atoms with Crippen molar-refractivity contribution in [3.63, 3.8) is 0 Å². The summed E-state index contributed by atoms with van der Waals surface area (Å²) < 4.78 is 33.0. The van der Waals surface area contributed by atoms with E-state index in [1.165, 1.54) is 12.1 Å². The predicted molar refractivity (Wildman–Crippen MR) is 71.5 cm³/mol. The fraction of sp³-hybridized carbons (Fsp3) is 0.462. The number of hydrogen-bond donors (Lipinski definition) is 1. The molecule has 0 spiro atoms. The third-order valence-electron chi connectivity index (χ3n) is 2.32. The Kier molecular flexibility index (Phi) is 6.63. The SMILES string of the molecule is CCCOC(=O)CC(O)COS(=O)(=O)c1ccccc1. The lowest BCUT2D eigenvalue weighted by Gasteiger charge is -2.11. The molecule has 0 aliphatic rings. The number of carbonyl (C=O) groups is 1.